The van der Waals surface area contributed by atoms with Crippen LogP contribution in [-0.4, -0.2) is 56.1 Å². The highest BCUT2D eigenvalue weighted by Crippen LogP contribution is 2.31. The fraction of sp³-hybridized carbons (Fsp3) is 1.00. The lowest BCUT2D eigenvalue weighted by molar-refractivity contribution is -0.185. The molecular weight excluding hydrogens is 204 g/mol. The van der Waals surface area contributed by atoms with Crippen LogP contribution in [0.4, 0.5) is 0 Å². The first-order valence-electron chi connectivity index (χ1n) is 6.60. The van der Waals surface area contributed by atoms with Crippen LogP contribution in [0.25, 0.3) is 0 Å². The first kappa shape index (κ1) is 11.0. The molecule has 3 rings (SSSR count). The number of likely N-dealkylation sites (tertiary alicyclic amines) is 1. The summed E-state index contributed by atoms with van der Waals surface area (Å²) in [4.78, 5) is 2.55. The minimum absolute atomic E-state index is 0.209. The van der Waals surface area contributed by atoms with E-state index in [0.717, 1.165) is 45.2 Å². The van der Waals surface area contributed by atoms with Crippen molar-refractivity contribution in [3.05, 3.63) is 0 Å². The van der Waals surface area contributed by atoms with Crippen molar-refractivity contribution in [2.24, 2.45) is 0 Å². The minimum atomic E-state index is -0.209. The van der Waals surface area contributed by atoms with E-state index in [4.69, 9.17) is 9.47 Å². The highest BCUT2D eigenvalue weighted by Gasteiger charge is 2.39. The first-order valence-corrected chi connectivity index (χ1v) is 6.60. The van der Waals surface area contributed by atoms with Crippen LogP contribution in [-0.2, 0) is 9.47 Å². The third-order valence-corrected chi connectivity index (χ3v) is 4.07. The Morgan fingerprint density at radius 1 is 1.19 bits per heavy atom. The molecule has 1 atom stereocenters. The summed E-state index contributed by atoms with van der Waals surface area (Å²) < 4.78 is 11.5. The molecule has 4 nitrogen and oxygen atoms in total. The van der Waals surface area contributed by atoms with Crippen LogP contribution in [0.2, 0.25) is 0 Å². The zero-order valence-electron chi connectivity index (χ0n) is 9.91. The molecule has 3 saturated heterocycles. The van der Waals surface area contributed by atoms with Gasteiger partial charge in [-0.1, -0.05) is 0 Å². The average Bonchev–Trinajstić information content (AvgIpc) is 2.94. The molecule has 0 aromatic heterocycles. The molecule has 0 amide bonds. The SMILES string of the molecule is C1CNC(CN2CCC3(CC2)OCCO3)C1. The molecule has 0 aromatic carbocycles. The molecule has 1 unspecified atom stereocenters. The van der Waals surface area contributed by atoms with Gasteiger partial charge in [0.1, 0.15) is 0 Å². The summed E-state index contributed by atoms with van der Waals surface area (Å²) >= 11 is 0. The molecule has 0 aromatic rings. The van der Waals surface area contributed by atoms with Crippen LogP contribution in [0.15, 0.2) is 0 Å². The summed E-state index contributed by atoms with van der Waals surface area (Å²) in [6.45, 7) is 6.22. The fourth-order valence-electron chi connectivity index (χ4n) is 3.09. The largest absolute Gasteiger partial charge is 0.347 e. The molecule has 4 heteroatoms. The van der Waals surface area contributed by atoms with Gasteiger partial charge in [0.25, 0.3) is 0 Å². The van der Waals surface area contributed by atoms with Crippen molar-refractivity contribution in [3.8, 4) is 0 Å². The van der Waals surface area contributed by atoms with Crippen LogP contribution in [0, 0.1) is 0 Å². The zero-order valence-corrected chi connectivity index (χ0v) is 9.91. The van der Waals surface area contributed by atoms with Crippen molar-refractivity contribution in [2.45, 2.75) is 37.5 Å². The van der Waals surface area contributed by atoms with E-state index in [1.165, 1.54) is 25.9 Å². The lowest BCUT2D eigenvalue weighted by Crippen LogP contribution is -2.48. The van der Waals surface area contributed by atoms with Gasteiger partial charge in [0.15, 0.2) is 5.79 Å². The van der Waals surface area contributed by atoms with E-state index in [9.17, 15) is 0 Å². The molecule has 3 heterocycles. The molecule has 0 aliphatic carbocycles. The van der Waals surface area contributed by atoms with Gasteiger partial charge in [-0.15, -0.1) is 0 Å². The number of piperidine rings is 1. The third kappa shape index (κ3) is 2.25. The molecule has 92 valence electrons. The highest BCUT2D eigenvalue weighted by molar-refractivity contribution is 4.85. The van der Waals surface area contributed by atoms with Crippen molar-refractivity contribution in [1.82, 2.24) is 10.2 Å². The van der Waals surface area contributed by atoms with Gasteiger partial charge >= 0.3 is 0 Å². The van der Waals surface area contributed by atoms with Gasteiger partial charge in [-0.25, -0.2) is 0 Å². The van der Waals surface area contributed by atoms with Crippen LogP contribution in [0.1, 0.15) is 25.7 Å². The maximum absolute atomic E-state index is 5.74. The van der Waals surface area contributed by atoms with Gasteiger partial charge in [0.05, 0.1) is 13.2 Å². The van der Waals surface area contributed by atoms with E-state index in [1.54, 1.807) is 0 Å². The van der Waals surface area contributed by atoms with Crippen LogP contribution >= 0.6 is 0 Å². The Kier molecular flexibility index (Phi) is 3.16. The summed E-state index contributed by atoms with van der Waals surface area (Å²) in [5.74, 6) is -0.209. The van der Waals surface area contributed by atoms with Gasteiger partial charge in [-0.05, 0) is 19.4 Å². The van der Waals surface area contributed by atoms with Crippen molar-refractivity contribution in [3.63, 3.8) is 0 Å². The van der Waals surface area contributed by atoms with Crippen molar-refractivity contribution in [2.75, 3.05) is 39.4 Å². The minimum Gasteiger partial charge on any atom is -0.347 e. The van der Waals surface area contributed by atoms with E-state index in [0.29, 0.717) is 0 Å². The van der Waals surface area contributed by atoms with Crippen LogP contribution in [0.3, 0.4) is 0 Å². The molecule has 0 bridgehead atoms. The summed E-state index contributed by atoms with van der Waals surface area (Å²) in [6, 6.07) is 0.722. The highest BCUT2D eigenvalue weighted by atomic mass is 16.7. The second-order valence-corrected chi connectivity index (χ2v) is 5.20. The molecule has 0 radical (unpaired) electrons. The number of nitrogens with one attached hydrogen (secondary N) is 1. The monoisotopic (exact) mass is 226 g/mol. The van der Waals surface area contributed by atoms with Gasteiger partial charge in [0.2, 0.25) is 0 Å². The maximum Gasteiger partial charge on any atom is 0.170 e. The lowest BCUT2D eigenvalue weighted by Gasteiger charge is -2.38. The summed E-state index contributed by atoms with van der Waals surface area (Å²) in [7, 11) is 0. The third-order valence-electron chi connectivity index (χ3n) is 4.07. The quantitative estimate of drug-likeness (QED) is 0.747. The first-order chi connectivity index (χ1) is 7.86. The fourth-order valence-corrected chi connectivity index (χ4v) is 3.09. The topological polar surface area (TPSA) is 33.7 Å². The summed E-state index contributed by atoms with van der Waals surface area (Å²) in [5.41, 5.74) is 0. The number of ether oxygens (including phenoxy) is 2. The van der Waals surface area contributed by atoms with Crippen molar-refractivity contribution in [1.29, 1.82) is 0 Å². The normalized spacial score (nSPS) is 34.9. The predicted molar refractivity (Wildman–Crippen MR) is 61.3 cm³/mol. The van der Waals surface area contributed by atoms with Gasteiger partial charge in [0, 0.05) is 38.5 Å². The zero-order chi connectivity index (χ0) is 10.8. The van der Waals surface area contributed by atoms with Gasteiger partial charge in [-0.2, -0.15) is 0 Å². The van der Waals surface area contributed by atoms with E-state index >= 15 is 0 Å². The average molecular weight is 226 g/mol. The maximum atomic E-state index is 5.74. The van der Waals surface area contributed by atoms with E-state index in [-0.39, 0.29) is 5.79 Å². The van der Waals surface area contributed by atoms with Crippen molar-refractivity contribution < 1.29 is 9.47 Å². The van der Waals surface area contributed by atoms with E-state index < -0.39 is 0 Å². The number of hydrogen-bond acceptors (Lipinski definition) is 4. The Morgan fingerprint density at radius 3 is 2.56 bits per heavy atom. The summed E-state index contributed by atoms with van der Waals surface area (Å²) in [5, 5.41) is 3.56. The summed E-state index contributed by atoms with van der Waals surface area (Å²) in [6.07, 6.45) is 4.77. The molecular formula is C12H22N2O2. The van der Waals surface area contributed by atoms with Gasteiger partial charge < -0.3 is 19.7 Å². The smallest absolute Gasteiger partial charge is 0.170 e. The van der Waals surface area contributed by atoms with E-state index in [2.05, 4.69) is 10.2 Å². The molecule has 16 heavy (non-hydrogen) atoms. The van der Waals surface area contributed by atoms with E-state index in [1.807, 2.05) is 0 Å². The molecule has 0 saturated carbocycles. The lowest BCUT2D eigenvalue weighted by atomic mass is 10.0. The van der Waals surface area contributed by atoms with Gasteiger partial charge in [-0.3, -0.25) is 0 Å². The van der Waals surface area contributed by atoms with Crippen LogP contribution < -0.4 is 5.32 Å². The Morgan fingerprint density at radius 2 is 1.94 bits per heavy atom. The molecule has 3 aliphatic heterocycles. The van der Waals surface area contributed by atoms with Crippen LogP contribution in [0.5, 0.6) is 0 Å². The Hall–Kier alpha value is -0.160. The molecule has 1 N–H and O–H groups in total. The predicted octanol–water partition coefficient (Wildman–Crippen LogP) is 0.577. The second-order valence-electron chi connectivity index (χ2n) is 5.20. The molecule has 1 spiro atoms. The number of nitrogens with zero attached hydrogens (tertiary/aromatic N) is 1. The Bertz CT molecular complexity index is 225. The Balaban J connectivity index is 1.46. The number of rotatable bonds is 2. The molecule has 3 fully saturated rings. The molecule has 3 aliphatic rings. The van der Waals surface area contributed by atoms with Crippen molar-refractivity contribution >= 4 is 0 Å². The standard InChI is InChI=1S/C12H22N2O2/c1-2-11(13-5-1)10-14-6-3-12(4-7-14)15-8-9-16-12/h11,13H,1-10H2. The second kappa shape index (κ2) is 4.61. The number of hydrogen-bond donors (Lipinski definition) is 1. The Labute approximate surface area is 97.3 Å².